The number of rotatable bonds is 6. The van der Waals surface area contributed by atoms with Gasteiger partial charge in [-0.1, -0.05) is 30.3 Å². The fraction of sp³-hybridized carbons (Fsp3) is 0.235. The number of hydrogen-bond acceptors (Lipinski definition) is 4. The van der Waals surface area contributed by atoms with Gasteiger partial charge in [0.25, 0.3) is 0 Å². The number of carbonyl (C=O) groups is 1. The highest BCUT2D eigenvalue weighted by molar-refractivity contribution is 7.91. The van der Waals surface area contributed by atoms with Gasteiger partial charge in [0.2, 0.25) is 5.91 Å². The van der Waals surface area contributed by atoms with Crippen molar-refractivity contribution >= 4 is 15.7 Å². The average molecular weight is 333 g/mol. The summed E-state index contributed by atoms with van der Waals surface area (Å²) in [6, 6.07) is 15.1. The van der Waals surface area contributed by atoms with E-state index in [-0.39, 0.29) is 17.3 Å². The van der Waals surface area contributed by atoms with Crippen LogP contribution in [0.5, 0.6) is 5.75 Å². The topological polar surface area (TPSA) is 72.5 Å². The maximum Gasteiger partial charge on any atom is 0.216 e. The Balaban J connectivity index is 2.41. The monoisotopic (exact) mass is 333 g/mol. The van der Waals surface area contributed by atoms with E-state index < -0.39 is 15.1 Å². The van der Waals surface area contributed by atoms with Crippen LogP contribution in [0.25, 0.3) is 0 Å². The van der Waals surface area contributed by atoms with Crippen LogP contribution in [-0.2, 0) is 14.6 Å². The maximum atomic E-state index is 13.0. The van der Waals surface area contributed by atoms with Gasteiger partial charge in [-0.3, -0.25) is 4.79 Å². The van der Waals surface area contributed by atoms with Crippen LogP contribution in [-0.4, -0.2) is 28.0 Å². The highest BCUT2D eigenvalue weighted by atomic mass is 32.2. The number of nitrogens with one attached hydrogen (secondary N) is 1. The standard InChI is InChI=1S/C17H19NO4S/c1-13(19)18-12-17(14-6-4-3-5-7-14)23(20,21)16-10-8-15(22-2)9-11-16/h3-11,17H,12H2,1-2H3,(H,18,19). The zero-order chi connectivity index (χ0) is 16.9. The van der Waals surface area contributed by atoms with Crippen LogP contribution in [0.2, 0.25) is 0 Å². The van der Waals surface area contributed by atoms with Crippen molar-refractivity contribution < 1.29 is 17.9 Å². The summed E-state index contributed by atoms with van der Waals surface area (Å²) in [5, 5.41) is 1.75. The summed E-state index contributed by atoms with van der Waals surface area (Å²) in [5.41, 5.74) is 0.636. The van der Waals surface area contributed by atoms with Crippen molar-refractivity contribution in [3.63, 3.8) is 0 Å². The van der Waals surface area contributed by atoms with E-state index in [0.29, 0.717) is 11.3 Å². The Kier molecular flexibility index (Phi) is 5.39. The minimum atomic E-state index is -3.65. The van der Waals surface area contributed by atoms with Crippen molar-refractivity contribution in [2.75, 3.05) is 13.7 Å². The first-order valence-electron chi connectivity index (χ1n) is 7.12. The Labute approximate surface area is 136 Å². The van der Waals surface area contributed by atoms with Crippen LogP contribution in [0, 0.1) is 0 Å². The summed E-state index contributed by atoms with van der Waals surface area (Å²) >= 11 is 0. The second-order valence-electron chi connectivity index (χ2n) is 5.06. The molecule has 1 amide bonds. The van der Waals surface area contributed by atoms with E-state index in [0.717, 1.165) is 0 Å². The quantitative estimate of drug-likeness (QED) is 0.881. The molecule has 2 rings (SSSR count). The van der Waals surface area contributed by atoms with Crippen LogP contribution in [0.1, 0.15) is 17.7 Å². The van der Waals surface area contributed by atoms with Gasteiger partial charge in [0.15, 0.2) is 9.84 Å². The molecule has 122 valence electrons. The molecular formula is C17H19NO4S. The molecule has 0 spiro atoms. The first kappa shape index (κ1) is 17.0. The number of ether oxygens (including phenoxy) is 1. The smallest absolute Gasteiger partial charge is 0.216 e. The summed E-state index contributed by atoms with van der Waals surface area (Å²) in [5.74, 6) is 0.318. The van der Waals surface area contributed by atoms with Gasteiger partial charge in [0, 0.05) is 13.5 Å². The molecule has 6 heteroatoms. The molecule has 0 saturated carbocycles. The molecule has 23 heavy (non-hydrogen) atoms. The Morgan fingerprint density at radius 3 is 2.22 bits per heavy atom. The third-order valence-corrected chi connectivity index (χ3v) is 5.59. The van der Waals surface area contributed by atoms with Gasteiger partial charge in [-0.05, 0) is 29.8 Å². The second kappa shape index (κ2) is 7.28. The lowest BCUT2D eigenvalue weighted by Crippen LogP contribution is -2.30. The fourth-order valence-electron chi connectivity index (χ4n) is 2.24. The van der Waals surface area contributed by atoms with Gasteiger partial charge in [-0.2, -0.15) is 0 Å². The summed E-state index contributed by atoms with van der Waals surface area (Å²) in [7, 11) is -2.12. The minimum absolute atomic E-state index is 0.0215. The molecule has 1 atom stereocenters. The molecule has 0 aliphatic rings. The molecule has 0 aliphatic heterocycles. The Morgan fingerprint density at radius 2 is 1.70 bits per heavy atom. The third kappa shape index (κ3) is 4.10. The predicted octanol–water partition coefficient (Wildman–Crippen LogP) is 2.35. The molecule has 1 unspecified atom stereocenters. The van der Waals surface area contributed by atoms with Crippen LogP contribution in [0.4, 0.5) is 0 Å². The highest BCUT2D eigenvalue weighted by Gasteiger charge is 2.29. The largest absolute Gasteiger partial charge is 0.497 e. The molecule has 0 aromatic heterocycles. The summed E-state index contributed by atoms with van der Waals surface area (Å²) < 4.78 is 31.0. The highest BCUT2D eigenvalue weighted by Crippen LogP contribution is 2.29. The van der Waals surface area contributed by atoms with Crippen molar-refractivity contribution in [2.24, 2.45) is 0 Å². The molecular weight excluding hydrogens is 314 g/mol. The number of benzene rings is 2. The molecule has 0 fully saturated rings. The minimum Gasteiger partial charge on any atom is -0.497 e. The van der Waals surface area contributed by atoms with Crippen LogP contribution >= 0.6 is 0 Å². The van der Waals surface area contributed by atoms with Crippen molar-refractivity contribution in [1.29, 1.82) is 0 Å². The van der Waals surface area contributed by atoms with E-state index in [1.807, 2.05) is 6.07 Å². The number of methoxy groups -OCH3 is 1. The Morgan fingerprint density at radius 1 is 1.09 bits per heavy atom. The van der Waals surface area contributed by atoms with E-state index in [2.05, 4.69) is 5.32 Å². The predicted molar refractivity (Wildman–Crippen MR) is 88.0 cm³/mol. The number of sulfone groups is 1. The first-order chi connectivity index (χ1) is 10.9. The van der Waals surface area contributed by atoms with Gasteiger partial charge in [0.05, 0.1) is 12.0 Å². The number of hydrogen-bond donors (Lipinski definition) is 1. The van der Waals surface area contributed by atoms with Crippen LogP contribution in [0.3, 0.4) is 0 Å². The van der Waals surface area contributed by atoms with Crippen LogP contribution < -0.4 is 10.1 Å². The van der Waals surface area contributed by atoms with Gasteiger partial charge in [-0.25, -0.2) is 8.42 Å². The molecule has 1 N–H and O–H groups in total. The zero-order valence-corrected chi connectivity index (χ0v) is 13.8. The average Bonchev–Trinajstić information content (AvgIpc) is 2.55. The van der Waals surface area contributed by atoms with E-state index in [1.165, 1.54) is 26.2 Å². The van der Waals surface area contributed by atoms with E-state index in [4.69, 9.17) is 4.74 Å². The number of amides is 1. The van der Waals surface area contributed by atoms with E-state index in [1.54, 1.807) is 36.4 Å². The Bertz CT molecular complexity index is 755. The molecule has 0 saturated heterocycles. The lowest BCUT2D eigenvalue weighted by molar-refractivity contribution is -0.118. The molecule has 2 aromatic rings. The SMILES string of the molecule is COc1ccc(S(=O)(=O)C(CNC(C)=O)c2ccccc2)cc1. The molecule has 0 bridgehead atoms. The fourth-order valence-corrected chi connectivity index (χ4v) is 3.90. The molecule has 0 aliphatic carbocycles. The lowest BCUT2D eigenvalue weighted by atomic mass is 10.1. The first-order valence-corrected chi connectivity index (χ1v) is 8.67. The van der Waals surface area contributed by atoms with Gasteiger partial charge in [-0.15, -0.1) is 0 Å². The molecule has 5 nitrogen and oxygen atoms in total. The summed E-state index contributed by atoms with van der Waals surface area (Å²) in [4.78, 5) is 11.4. The van der Waals surface area contributed by atoms with Crippen molar-refractivity contribution in [1.82, 2.24) is 5.32 Å². The summed E-state index contributed by atoms with van der Waals surface area (Å²) in [6.07, 6.45) is 0. The van der Waals surface area contributed by atoms with E-state index >= 15 is 0 Å². The normalized spacial score (nSPS) is 12.4. The van der Waals surface area contributed by atoms with Gasteiger partial charge in [0.1, 0.15) is 11.0 Å². The van der Waals surface area contributed by atoms with Crippen LogP contribution in [0.15, 0.2) is 59.5 Å². The van der Waals surface area contributed by atoms with Gasteiger partial charge >= 0.3 is 0 Å². The Hall–Kier alpha value is -2.34. The van der Waals surface area contributed by atoms with Crippen molar-refractivity contribution in [3.8, 4) is 5.75 Å². The number of carbonyl (C=O) groups excluding carboxylic acids is 1. The summed E-state index contributed by atoms with van der Waals surface area (Å²) in [6.45, 7) is 1.38. The maximum absolute atomic E-state index is 13.0. The second-order valence-corrected chi connectivity index (χ2v) is 7.19. The molecule has 0 radical (unpaired) electrons. The lowest BCUT2D eigenvalue weighted by Gasteiger charge is -2.18. The zero-order valence-electron chi connectivity index (χ0n) is 13.0. The molecule has 0 heterocycles. The van der Waals surface area contributed by atoms with E-state index in [9.17, 15) is 13.2 Å². The van der Waals surface area contributed by atoms with Crippen molar-refractivity contribution in [3.05, 3.63) is 60.2 Å². The molecule has 2 aromatic carbocycles. The van der Waals surface area contributed by atoms with Crippen molar-refractivity contribution in [2.45, 2.75) is 17.1 Å². The third-order valence-electron chi connectivity index (χ3n) is 3.47. The van der Waals surface area contributed by atoms with Gasteiger partial charge < -0.3 is 10.1 Å².